The number of hydrogen-bond donors (Lipinski definition) is 1. The highest BCUT2D eigenvalue weighted by Crippen LogP contribution is 2.35. The molecule has 6 rings (SSSR count). The van der Waals surface area contributed by atoms with Gasteiger partial charge in [0.25, 0.3) is 5.89 Å². The molecule has 164 valence electrons. The Hall–Kier alpha value is -4.41. The number of nitrogens with zero attached hydrogens (tertiary/aromatic N) is 6. The zero-order chi connectivity index (χ0) is 22.5. The molecule has 33 heavy (non-hydrogen) atoms. The molecule has 0 bridgehead atoms. The molecule has 0 saturated heterocycles. The van der Waals surface area contributed by atoms with Crippen LogP contribution in [-0.4, -0.2) is 47.5 Å². The van der Waals surface area contributed by atoms with Gasteiger partial charge in [-0.15, -0.1) is 10.2 Å². The van der Waals surface area contributed by atoms with E-state index in [4.69, 9.17) is 8.83 Å². The average Bonchev–Trinajstić information content (AvgIpc) is 3.57. The third-order valence-electron chi connectivity index (χ3n) is 5.53. The van der Waals surface area contributed by atoms with E-state index in [1.54, 1.807) is 11.2 Å². The Bertz CT molecular complexity index is 1490. The number of amides is 1. The molecule has 0 spiro atoms. The molecule has 0 saturated carbocycles. The summed E-state index contributed by atoms with van der Waals surface area (Å²) in [4.78, 5) is 31.1. The quantitative estimate of drug-likeness (QED) is 0.448. The van der Waals surface area contributed by atoms with Crippen LogP contribution in [0.4, 0.5) is 4.39 Å². The summed E-state index contributed by atoms with van der Waals surface area (Å²) in [5, 5.41) is 7.79. The molecule has 5 heterocycles. The van der Waals surface area contributed by atoms with Crippen molar-refractivity contribution in [3.05, 3.63) is 77.4 Å². The lowest BCUT2D eigenvalue weighted by Crippen LogP contribution is -2.41. The van der Waals surface area contributed by atoms with E-state index in [0.717, 1.165) is 17.5 Å². The van der Waals surface area contributed by atoms with E-state index in [-0.39, 0.29) is 17.5 Å². The first-order valence-corrected chi connectivity index (χ1v) is 10.2. The van der Waals surface area contributed by atoms with Crippen molar-refractivity contribution >= 4 is 17.0 Å². The second kappa shape index (κ2) is 7.33. The maximum absolute atomic E-state index is 13.4. The highest BCUT2D eigenvalue weighted by atomic mass is 19.1. The van der Waals surface area contributed by atoms with Crippen LogP contribution >= 0.6 is 0 Å². The Balaban J connectivity index is 1.39. The van der Waals surface area contributed by atoms with Crippen molar-refractivity contribution in [3.8, 4) is 11.6 Å². The number of nitrogens with one attached hydrogen (secondary N) is 1. The van der Waals surface area contributed by atoms with E-state index in [9.17, 15) is 9.18 Å². The normalized spacial score (nSPS) is 15.7. The van der Waals surface area contributed by atoms with Crippen LogP contribution in [0.1, 0.15) is 39.6 Å². The van der Waals surface area contributed by atoms with Crippen LogP contribution in [0.3, 0.4) is 0 Å². The number of rotatable bonds is 3. The van der Waals surface area contributed by atoms with Gasteiger partial charge in [0.05, 0.1) is 18.2 Å². The highest BCUT2D eigenvalue weighted by Gasteiger charge is 2.39. The van der Waals surface area contributed by atoms with Crippen LogP contribution in [0.25, 0.3) is 22.7 Å². The third kappa shape index (κ3) is 3.25. The number of H-pyrrole nitrogens is 1. The van der Waals surface area contributed by atoms with Crippen molar-refractivity contribution in [1.82, 2.24) is 35.0 Å². The second-order valence-electron chi connectivity index (χ2n) is 7.71. The monoisotopic (exact) mass is 445 g/mol. The summed E-state index contributed by atoms with van der Waals surface area (Å²) >= 11 is 0. The molecule has 0 aliphatic carbocycles. The van der Waals surface area contributed by atoms with Gasteiger partial charge in [0.2, 0.25) is 5.89 Å². The summed E-state index contributed by atoms with van der Waals surface area (Å²) < 4.78 is 24.8. The van der Waals surface area contributed by atoms with Crippen LogP contribution in [0.15, 0.2) is 51.7 Å². The van der Waals surface area contributed by atoms with Gasteiger partial charge in [-0.2, -0.15) is 0 Å². The zero-order valence-electron chi connectivity index (χ0n) is 17.3. The molecule has 1 amide bonds. The molecule has 1 aliphatic heterocycles. The molecule has 10 nitrogen and oxygen atoms in total. The molecule has 0 radical (unpaired) electrons. The Kier molecular flexibility index (Phi) is 4.28. The van der Waals surface area contributed by atoms with Crippen molar-refractivity contribution in [3.63, 3.8) is 0 Å². The van der Waals surface area contributed by atoms with Gasteiger partial charge in [-0.3, -0.25) is 4.79 Å². The van der Waals surface area contributed by atoms with Gasteiger partial charge in [0.1, 0.15) is 17.0 Å². The molecule has 1 N–H and O–H groups in total. The van der Waals surface area contributed by atoms with Crippen molar-refractivity contribution in [2.45, 2.75) is 19.4 Å². The van der Waals surface area contributed by atoms with E-state index in [1.165, 1.54) is 12.1 Å². The minimum absolute atomic E-state index is 0.0182. The lowest BCUT2D eigenvalue weighted by Gasteiger charge is -2.31. The fraction of sp³-hybridized carbons (Fsp3) is 0.182. The Morgan fingerprint density at radius 2 is 2.09 bits per heavy atom. The molecular weight excluding hydrogens is 429 g/mol. The summed E-state index contributed by atoms with van der Waals surface area (Å²) in [5.41, 5.74) is 4.19. The molecule has 1 aromatic carbocycles. The predicted octanol–water partition coefficient (Wildman–Crippen LogP) is 3.23. The van der Waals surface area contributed by atoms with Gasteiger partial charge in [-0.05, 0) is 36.8 Å². The molecule has 0 unspecified atom stereocenters. The smallest absolute Gasteiger partial charge is 0.312 e. The number of aromatic nitrogens is 6. The van der Waals surface area contributed by atoms with Crippen molar-refractivity contribution < 1.29 is 18.0 Å². The number of benzene rings is 1. The van der Waals surface area contributed by atoms with Crippen molar-refractivity contribution in [2.75, 3.05) is 6.54 Å². The summed E-state index contributed by atoms with van der Waals surface area (Å²) in [7, 11) is 0. The highest BCUT2D eigenvalue weighted by molar-refractivity contribution is 5.90. The molecule has 0 fully saturated rings. The standard InChI is InChI=1S/C22H16FN7O3/c1-11-2-5-16-15(8-11)27-20(32-16)18-17-13(25-10-26-17)6-7-30(18)22(31)21-29-28-19(33-21)14-4-3-12(23)9-24-14/h2-5,8-10,18H,6-7H2,1H3,(H,25,26)/t18-/m0/s1. The van der Waals surface area contributed by atoms with E-state index >= 15 is 0 Å². The topological polar surface area (TPSA) is 127 Å². The lowest BCUT2D eigenvalue weighted by atomic mass is 10.0. The average molecular weight is 445 g/mol. The number of aromatic amines is 1. The number of fused-ring (bicyclic) bond motifs is 2. The van der Waals surface area contributed by atoms with E-state index in [0.29, 0.717) is 35.6 Å². The van der Waals surface area contributed by atoms with Crippen molar-refractivity contribution in [2.24, 2.45) is 0 Å². The zero-order valence-corrected chi connectivity index (χ0v) is 17.3. The van der Waals surface area contributed by atoms with Gasteiger partial charge in [-0.1, -0.05) is 6.07 Å². The van der Waals surface area contributed by atoms with Crippen LogP contribution < -0.4 is 0 Å². The Labute approximate surface area is 185 Å². The maximum Gasteiger partial charge on any atom is 0.312 e. The number of carbonyl (C=O) groups is 1. The van der Waals surface area contributed by atoms with Gasteiger partial charge >= 0.3 is 11.8 Å². The van der Waals surface area contributed by atoms with Gasteiger partial charge in [0.15, 0.2) is 11.6 Å². The third-order valence-corrected chi connectivity index (χ3v) is 5.53. The van der Waals surface area contributed by atoms with Crippen LogP contribution in [-0.2, 0) is 6.42 Å². The lowest BCUT2D eigenvalue weighted by molar-refractivity contribution is 0.0627. The summed E-state index contributed by atoms with van der Waals surface area (Å²) in [6, 6.07) is 7.66. The fourth-order valence-corrected chi connectivity index (χ4v) is 3.96. The van der Waals surface area contributed by atoms with E-state index < -0.39 is 17.8 Å². The largest absolute Gasteiger partial charge is 0.438 e. The first-order valence-electron chi connectivity index (χ1n) is 10.2. The number of halogens is 1. The summed E-state index contributed by atoms with van der Waals surface area (Å²) in [6.45, 7) is 2.34. The summed E-state index contributed by atoms with van der Waals surface area (Å²) in [6.07, 6.45) is 3.19. The van der Waals surface area contributed by atoms with Crippen LogP contribution in [0.2, 0.25) is 0 Å². The first-order chi connectivity index (χ1) is 16.1. The number of aryl methyl sites for hydroxylation is 1. The van der Waals surface area contributed by atoms with Crippen LogP contribution in [0.5, 0.6) is 0 Å². The molecule has 4 aromatic heterocycles. The number of pyridine rings is 1. The first kappa shape index (κ1) is 19.3. The van der Waals surface area contributed by atoms with Crippen molar-refractivity contribution in [1.29, 1.82) is 0 Å². The van der Waals surface area contributed by atoms with E-state index in [1.807, 2.05) is 25.1 Å². The number of oxazole rings is 1. The SMILES string of the molecule is Cc1ccc2oc([C@@H]3c4nc[nH]c4CCN3C(=O)c3nnc(-c4ccc(F)cn4)o3)nc2c1. The Morgan fingerprint density at radius 3 is 2.94 bits per heavy atom. The predicted molar refractivity (Wildman–Crippen MR) is 111 cm³/mol. The van der Waals surface area contributed by atoms with Gasteiger partial charge in [-0.25, -0.2) is 19.3 Å². The van der Waals surface area contributed by atoms with E-state index in [2.05, 4.69) is 30.1 Å². The maximum atomic E-state index is 13.4. The molecule has 1 atom stereocenters. The minimum atomic E-state index is -0.667. The fourth-order valence-electron chi connectivity index (χ4n) is 3.96. The van der Waals surface area contributed by atoms with Gasteiger partial charge < -0.3 is 18.7 Å². The Morgan fingerprint density at radius 1 is 1.18 bits per heavy atom. The molecule has 5 aromatic rings. The molecule has 1 aliphatic rings. The second-order valence-corrected chi connectivity index (χ2v) is 7.71. The number of imidazole rings is 1. The number of carbonyl (C=O) groups excluding carboxylic acids is 1. The molecular formula is C22H16FN7O3. The number of hydrogen-bond acceptors (Lipinski definition) is 8. The minimum Gasteiger partial charge on any atom is -0.438 e. The van der Waals surface area contributed by atoms with Crippen LogP contribution in [0, 0.1) is 12.7 Å². The summed E-state index contributed by atoms with van der Waals surface area (Å²) in [5.74, 6) is -0.837. The molecule has 11 heteroatoms. The van der Waals surface area contributed by atoms with Gasteiger partial charge in [0, 0.05) is 18.7 Å².